The number of ether oxygens (including phenoxy) is 1. The highest BCUT2D eigenvalue weighted by Gasteiger charge is 2.28. The first kappa shape index (κ1) is 15.6. The Morgan fingerprint density at radius 1 is 1.48 bits per heavy atom. The van der Waals surface area contributed by atoms with Crippen molar-refractivity contribution in [1.29, 1.82) is 0 Å². The Balaban J connectivity index is 2.38. The lowest BCUT2D eigenvalue weighted by Gasteiger charge is -2.42. The van der Waals surface area contributed by atoms with Gasteiger partial charge in [-0.3, -0.25) is 10.1 Å². The first-order valence-electron chi connectivity index (χ1n) is 7.48. The summed E-state index contributed by atoms with van der Waals surface area (Å²) in [6.07, 6.45) is 3.34. The van der Waals surface area contributed by atoms with Gasteiger partial charge in [-0.25, -0.2) is 0 Å². The molecule has 1 fully saturated rings. The molecule has 0 bridgehead atoms. The van der Waals surface area contributed by atoms with Crippen molar-refractivity contribution in [2.75, 3.05) is 18.1 Å². The van der Waals surface area contributed by atoms with Gasteiger partial charge in [-0.15, -0.1) is 0 Å². The second kappa shape index (κ2) is 6.76. The van der Waals surface area contributed by atoms with Gasteiger partial charge in [0.2, 0.25) is 0 Å². The van der Waals surface area contributed by atoms with E-state index in [1.54, 1.807) is 12.1 Å². The lowest BCUT2D eigenvalue weighted by Crippen LogP contribution is -2.49. The number of nitro groups is 1. The van der Waals surface area contributed by atoms with Gasteiger partial charge < -0.3 is 15.4 Å². The van der Waals surface area contributed by atoms with Crippen molar-refractivity contribution in [1.82, 2.24) is 0 Å². The van der Waals surface area contributed by atoms with E-state index in [9.17, 15) is 10.1 Å². The molecule has 6 nitrogen and oxygen atoms in total. The van der Waals surface area contributed by atoms with Gasteiger partial charge in [0, 0.05) is 36.4 Å². The molecular formula is C15H23N3O3. The van der Waals surface area contributed by atoms with Crippen molar-refractivity contribution in [3.05, 3.63) is 28.3 Å². The quantitative estimate of drug-likeness (QED) is 0.666. The van der Waals surface area contributed by atoms with Crippen LogP contribution in [0.5, 0.6) is 5.75 Å². The fourth-order valence-electron chi connectivity index (χ4n) is 3.07. The van der Waals surface area contributed by atoms with Gasteiger partial charge in [0.1, 0.15) is 0 Å². The molecule has 0 aliphatic carbocycles. The number of hydrogen-bond donors (Lipinski definition) is 1. The van der Waals surface area contributed by atoms with E-state index in [0.29, 0.717) is 24.9 Å². The van der Waals surface area contributed by atoms with Crippen molar-refractivity contribution in [2.45, 2.75) is 45.2 Å². The molecule has 2 N–H and O–H groups in total. The van der Waals surface area contributed by atoms with E-state index in [0.717, 1.165) is 18.5 Å². The summed E-state index contributed by atoms with van der Waals surface area (Å²) in [4.78, 5) is 12.9. The van der Waals surface area contributed by atoms with Gasteiger partial charge >= 0.3 is 5.69 Å². The van der Waals surface area contributed by atoms with Crippen molar-refractivity contribution in [3.63, 3.8) is 0 Å². The molecule has 0 saturated carbocycles. The third-order valence-electron chi connectivity index (χ3n) is 4.04. The van der Waals surface area contributed by atoms with Crippen LogP contribution in [0.1, 0.15) is 33.1 Å². The minimum absolute atomic E-state index is 0.00885. The van der Waals surface area contributed by atoms with E-state index in [1.807, 2.05) is 6.92 Å². The molecule has 0 aromatic heterocycles. The summed E-state index contributed by atoms with van der Waals surface area (Å²) in [7, 11) is 0. The van der Waals surface area contributed by atoms with Gasteiger partial charge in [-0.2, -0.15) is 0 Å². The molecule has 1 aromatic carbocycles. The van der Waals surface area contributed by atoms with E-state index in [-0.39, 0.29) is 11.7 Å². The van der Waals surface area contributed by atoms with Crippen LogP contribution >= 0.6 is 0 Å². The van der Waals surface area contributed by atoms with Crippen LogP contribution in [0.2, 0.25) is 0 Å². The Morgan fingerprint density at radius 2 is 2.24 bits per heavy atom. The first-order valence-corrected chi connectivity index (χ1v) is 7.48. The molecule has 116 valence electrons. The lowest BCUT2D eigenvalue weighted by molar-refractivity contribution is -0.385. The Bertz CT molecular complexity index is 507. The van der Waals surface area contributed by atoms with Crippen molar-refractivity contribution in [2.24, 2.45) is 5.73 Å². The predicted molar refractivity (Wildman–Crippen MR) is 82.9 cm³/mol. The van der Waals surface area contributed by atoms with E-state index < -0.39 is 4.92 Å². The first-order chi connectivity index (χ1) is 10.1. The molecule has 21 heavy (non-hydrogen) atoms. The molecule has 2 unspecified atom stereocenters. The van der Waals surface area contributed by atoms with E-state index >= 15 is 0 Å². The minimum Gasteiger partial charge on any atom is -0.487 e. The summed E-state index contributed by atoms with van der Waals surface area (Å²) in [5.74, 6) is 0.327. The number of rotatable bonds is 5. The molecule has 2 rings (SSSR count). The second-order valence-corrected chi connectivity index (χ2v) is 5.42. The van der Waals surface area contributed by atoms with Crippen LogP contribution in [0, 0.1) is 10.1 Å². The minimum atomic E-state index is -0.408. The fraction of sp³-hybridized carbons (Fsp3) is 0.600. The van der Waals surface area contributed by atoms with Crippen LogP contribution < -0.4 is 15.4 Å². The smallest absolute Gasteiger partial charge is 0.311 e. The van der Waals surface area contributed by atoms with Gasteiger partial charge in [-0.1, -0.05) is 0 Å². The maximum absolute atomic E-state index is 11.1. The number of nitro benzene ring substituents is 1. The zero-order valence-electron chi connectivity index (χ0n) is 12.6. The van der Waals surface area contributed by atoms with E-state index in [4.69, 9.17) is 10.5 Å². The van der Waals surface area contributed by atoms with Gasteiger partial charge in [0.25, 0.3) is 0 Å². The molecule has 0 spiro atoms. The Hall–Kier alpha value is -1.82. The summed E-state index contributed by atoms with van der Waals surface area (Å²) in [5.41, 5.74) is 6.85. The molecule has 1 aliphatic heterocycles. The molecule has 1 heterocycles. The zero-order chi connectivity index (χ0) is 15.4. The van der Waals surface area contributed by atoms with E-state index in [2.05, 4.69) is 11.8 Å². The van der Waals surface area contributed by atoms with Crippen LogP contribution in [0.15, 0.2) is 18.2 Å². The van der Waals surface area contributed by atoms with Crippen molar-refractivity contribution < 1.29 is 9.66 Å². The standard InChI is InChI=1S/C15H23N3O3/c1-3-21-15-9-12(7-8-14(15)18(19)20)17-11(2)5-4-6-13(17)10-16/h7-9,11,13H,3-6,10,16H2,1-2H3. The molecule has 1 aliphatic rings. The van der Waals surface area contributed by atoms with Gasteiger partial charge in [0.15, 0.2) is 5.75 Å². The number of anilines is 1. The third-order valence-corrected chi connectivity index (χ3v) is 4.04. The van der Waals surface area contributed by atoms with Crippen LogP contribution in [0.4, 0.5) is 11.4 Å². The SMILES string of the molecule is CCOc1cc(N2C(C)CCCC2CN)ccc1[N+](=O)[O-]. The van der Waals surface area contributed by atoms with E-state index in [1.165, 1.54) is 12.5 Å². The maximum atomic E-state index is 11.1. The Labute approximate surface area is 125 Å². The monoisotopic (exact) mass is 293 g/mol. The van der Waals surface area contributed by atoms with Crippen molar-refractivity contribution in [3.8, 4) is 5.75 Å². The highest BCUT2D eigenvalue weighted by Crippen LogP contribution is 2.35. The molecule has 1 aromatic rings. The largest absolute Gasteiger partial charge is 0.487 e. The maximum Gasteiger partial charge on any atom is 0.311 e. The molecule has 0 radical (unpaired) electrons. The predicted octanol–water partition coefficient (Wildman–Crippen LogP) is 2.70. The summed E-state index contributed by atoms with van der Waals surface area (Å²) < 4.78 is 5.43. The number of hydrogen-bond acceptors (Lipinski definition) is 5. The zero-order valence-corrected chi connectivity index (χ0v) is 12.6. The second-order valence-electron chi connectivity index (χ2n) is 5.42. The summed E-state index contributed by atoms with van der Waals surface area (Å²) in [5, 5.41) is 11.1. The summed E-state index contributed by atoms with van der Waals surface area (Å²) in [6.45, 7) is 4.98. The van der Waals surface area contributed by atoms with Crippen molar-refractivity contribution >= 4 is 11.4 Å². The van der Waals surface area contributed by atoms with Crippen LogP contribution in [-0.4, -0.2) is 30.2 Å². The topological polar surface area (TPSA) is 81.6 Å². The molecular weight excluding hydrogens is 270 g/mol. The number of piperidine rings is 1. The summed E-state index contributed by atoms with van der Waals surface area (Å²) >= 11 is 0. The molecule has 2 atom stereocenters. The Morgan fingerprint density at radius 3 is 2.86 bits per heavy atom. The van der Waals surface area contributed by atoms with Gasteiger partial charge in [0.05, 0.1) is 11.5 Å². The lowest BCUT2D eigenvalue weighted by atomic mass is 9.95. The van der Waals surface area contributed by atoms with Crippen LogP contribution in [0.3, 0.4) is 0 Å². The average Bonchev–Trinajstić information content (AvgIpc) is 2.47. The highest BCUT2D eigenvalue weighted by atomic mass is 16.6. The Kier molecular flexibility index (Phi) is 5.01. The fourth-order valence-corrected chi connectivity index (χ4v) is 3.07. The molecule has 1 saturated heterocycles. The number of nitrogens with two attached hydrogens (primary N) is 1. The molecule has 0 amide bonds. The molecule has 6 heteroatoms. The normalized spacial score (nSPS) is 22.1. The number of benzene rings is 1. The highest BCUT2D eigenvalue weighted by molar-refractivity contribution is 5.60. The average molecular weight is 293 g/mol. The third kappa shape index (κ3) is 3.26. The van der Waals surface area contributed by atoms with Crippen LogP contribution in [0.25, 0.3) is 0 Å². The van der Waals surface area contributed by atoms with Gasteiger partial charge in [-0.05, 0) is 39.2 Å². The number of nitrogens with zero attached hydrogens (tertiary/aromatic N) is 2. The summed E-state index contributed by atoms with van der Waals surface area (Å²) in [6, 6.07) is 5.75. The van der Waals surface area contributed by atoms with Crippen LogP contribution in [-0.2, 0) is 0 Å².